The van der Waals surface area contributed by atoms with E-state index in [9.17, 15) is 9.59 Å². The van der Waals surface area contributed by atoms with Crippen molar-refractivity contribution in [2.24, 2.45) is 5.73 Å². The molecule has 6 nitrogen and oxygen atoms in total. The number of halogens is 1. The van der Waals surface area contributed by atoms with Crippen molar-refractivity contribution < 1.29 is 9.59 Å². The van der Waals surface area contributed by atoms with Gasteiger partial charge in [0, 0.05) is 52.7 Å². The monoisotopic (exact) mass is 354 g/mol. The standard InChI is InChI=1S/C17H26N4O2.ClH/c1-15(22)20-9-11-21(12-10-20)17(23)14-19(8-7-18)13-16-5-3-2-4-6-16;/h2-6H,7-14,18H2,1H3;1H. The zero-order chi connectivity index (χ0) is 16.7. The van der Waals surface area contributed by atoms with Gasteiger partial charge in [-0.3, -0.25) is 14.5 Å². The smallest absolute Gasteiger partial charge is 0.236 e. The van der Waals surface area contributed by atoms with E-state index in [0.29, 0.717) is 45.8 Å². The first-order chi connectivity index (χ1) is 11.1. The van der Waals surface area contributed by atoms with Crippen molar-refractivity contribution in [3.63, 3.8) is 0 Å². The van der Waals surface area contributed by atoms with Crippen molar-refractivity contribution in [2.75, 3.05) is 45.8 Å². The van der Waals surface area contributed by atoms with E-state index in [-0.39, 0.29) is 24.2 Å². The SMILES string of the molecule is CC(=O)N1CCN(C(=O)CN(CCN)Cc2ccccc2)CC1.Cl. The molecular weight excluding hydrogens is 328 g/mol. The molecule has 0 aromatic heterocycles. The fourth-order valence-electron chi connectivity index (χ4n) is 2.80. The summed E-state index contributed by atoms with van der Waals surface area (Å²) in [6.45, 7) is 6.34. The minimum atomic E-state index is 0. The maximum Gasteiger partial charge on any atom is 0.236 e. The summed E-state index contributed by atoms with van der Waals surface area (Å²) in [5, 5.41) is 0. The van der Waals surface area contributed by atoms with Gasteiger partial charge in [-0.05, 0) is 5.56 Å². The molecule has 1 aliphatic rings. The van der Waals surface area contributed by atoms with E-state index in [1.165, 1.54) is 5.56 Å². The predicted octanol–water partition coefficient (Wildman–Crippen LogP) is 0.560. The molecule has 134 valence electrons. The maximum absolute atomic E-state index is 12.5. The number of amides is 2. The molecule has 0 atom stereocenters. The zero-order valence-corrected chi connectivity index (χ0v) is 15.0. The van der Waals surface area contributed by atoms with Crippen molar-refractivity contribution in [3.05, 3.63) is 35.9 Å². The minimum Gasteiger partial charge on any atom is -0.339 e. The molecule has 1 aromatic rings. The number of hydrogen-bond donors (Lipinski definition) is 1. The Hall–Kier alpha value is -1.63. The van der Waals surface area contributed by atoms with Crippen LogP contribution in [0.25, 0.3) is 0 Å². The largest absolute Gasteiger partial charge is 0.339 e. The Bertz CT molecular complexity index is 519. The van der Waals surface area contributed by atoms with E-state index in [2.05, 4.69) is 17.0 Å². The van der Waals surface area contributed by atoms with Gasteiger partial charge in [0.15, 0.2) is 0 Å². The molecule has 1 fully saturated rings. The molecule has 2 N–H and O–H groups in total. The summed E-state index contributed by atoms with van der Waals surface area (Å²) in [7, 11) is 0. The van der Waals surface area contributed by atoms with Gasteiger partial charge in [-0.1, -0.05) is 30.3 Å². The first kappa shape index (κ1) is 20.4. The van der Waals surface area contributed by atoms with Gasteiger partial charge in [0.25, 0.3) is 0 Å². The highest BCUT2D eigenvalue weighted by Crippen LogP contribution is 2.07. The summed E-state index contributed by atoms with van der Waals surface area (Å²) in [6.07, 6.45) is 0. The van der Waals surface area contributed by atoms with Crippen LogP contribution in [0.15, 0.2) is 30.3 Å². The van der Waals surface area contributed by atoms with Gasteiger partial charge in [-0.25, -0.2) is 0 Å². The van der Waals surface area contributed by atoms with Gasteiger partial charge in [-0.15, -0.1) is 12.4 Å². The molecule has 1 saturated heterocycles. The molecule has 1 heterocycles. The fourth-order valence-corrected chi connectivity index (χ4v) is 2.80. The third-order valence-electron chi connectivity index (χ3n) is 4.13. The van der Waals surface area contributed by atoms with Gasteiger partial charge in [-0.2, -0.15) is 0 Å². The average molecular weight is 355 g/mol. The third kappa shape index (κ3) is 6.11. The molecule has 0 bridgehead atoms. The first-order valence-electron chi connectivity index (χ1n) is 8.10. The van der Waals surface area contributed by atoms with Gasteiger partial charge < -0.3 is 15.5 Å². The van der Waals surface area contributed by atoms with Crippen LogP contribution in [-0.2, 0) is 16.1 Å². The Morgan fingerprint density at radius 1 is 1.08 bits per heavy atom. The van der Waals surface area contributed by atoms with Crippen molar-refractivity contribution >= 4 is 24.2 Å². The van der Waals surface area contributed by atoms with E-state index in [4.69, 9.17) is 5.73 Å². The zero-order valence-electron chi connectivity index (χ0n) is 14.2. The van der Waals surface area contributed by atoms with Crippen molar-refractivity contribution in [3.8, 4) is 0 Å². The van der Waals surface area contributed by atoms with Crippen LogP contribution in [0.1, 0.15) is 12.5 Å². The van der Waals surface area contributed by atoms with E-state index >= 15 is 0 Å². The van der Waals surface area contributed by atoms with Crippen LogP contribution >= 0.6 is 12.4 Å². The van der Waals surface area contributed by atoms with Crippen LogP contribution in [-0.4, -0.2) is 72.3 Å². The van der Waals surface area contributed by atoms with Crippen LogP contribution in [0.5, 0.6) is 0 Å². The van der Waals surface area contributed by atoms with Crippen LogP contribution in [0.3, 0.4) is 0 Å². The summed E-state index contributed by atoms with van der Waals surface area (Å²) < 4.78 is 0. The summed E-state index contributed by atoms with van der Waals surface area (Å²) in [6, 6.07) is 10.1. The topological polar surface area (TPSA) is 69.9 Å². The molecule has 2 amide bonds. The Kier molecular flexibility index (Phi) is 8.74. The Morgan fingerprint density at radius 3 is 2.21 bits per heavy atom. The van der Waals surface area contributed by atoms with E-state index in [0.717, 1.165) is 6.54 Å². The highest BCUT2D eigenvalue weighted by Gasteiger charge is 2.23. The molecule has 0 aliphatic carbocycles. The number of hydrogen-bond acceptors (Lipinski definition) is 4. The molecule has 0 radical (unpaired) electrons. The molecule has 2 rings (SSSR count). The second kappa shape index (κ2) is 10.3. The minimum absolute atomic E-state index is 0. The van der Waals surface area contributed by atoms with Gasteiger partial charge in [0.2, 0.25) is 11.8 Å². The summed E-state index contributed by atoms with van der Waals surface area (Å²) in [5.74, 6) is 0.184. The van der Waals surface area contributed by atoms with E-state index in [1.807, 2.05) is 23.1 Å². The molecule has 24 heavy (non-hydrogen) atoms. The molecule has 7 heteroatoms. The lowest BCUT2D eigenvalue weighted by Gasteiger charge is -2.35. The number of benzene rings is 1. The van der Waals surface area contributed by atoms with Crippen molar-refractivity contribution in [2.45, 2.75) is 13.5 Å². The molecule has 0 spiro atoms. The second-order valence-electron chi connectivity index (χ2n) is 5.87. The fraction of sp³-hybridized carbons (Fsp3) is 0.529. The number of nitrogens with zero attached hydrogens (tertiary/aromatic N) is 3. The molecule has 0 saturated carbocycles. The quantitative estimate of drug-likeness (QED) is 0.810. The lowest BCUT2D eigenvalue weighted by molar-refractivity contribution is -0.139. The van der Waals surface area contributed by atoms with Crippen LogP contribution < -0.4 is 5.73 Å². The van der Waals surface area contributed by atoms with Gasteiger partial charge >= 0.3 is 0 Å². The normalized spacial score (nSPS) is 14.5. The van der Waals surface area contributed by atoms with Gasteiger partial charge in [0.1, 0.15) is 0 Å². The number of nitrogens with two attached hydrogens (primary N) is 1. The lowest BCUT2D eigenvalue weighted by Crippen LogP contribution is -2.52. The number of piperazine rings is 1. The Balaban J connectivity index is 0.00000288. The molecule has 1 aliphatic heterocycles. The summed E-state index contributed by atoms with van der Waals surface area (Å²) >= 11 is 0. The van der Waals surface area contributed by atoms with Crippen LogP contribution in [0.4, 0.5) is 0 Å². The van der Waals surface area contributed by atoms with Gasteiger partial charge in [0.05, 0.1) is 6.54 Å². The average Bonchev–Trinajstić information content (AvgIpc) is 2.56. The highest BCUT2D eigenvalue weighted by atomic mass is 35.5. The number of rotatable bonds is 6. The number of carbonyl (C=O) groups excluding carboxylic acids is 2. The first-order valence-corrected chi connectivity index (χ1v) is 8.10. The lowest BCUT2D eigenvalue weighted by atomic mass is 10.2. The van der Waals surface area contributed by atoms with Crippen LogP contribution in [0, 0.1) is 0 Å². The Morgan fingerprint density at radius 2 is 1.67 bits per heavy atom. The second-order valence-corrected chi connectivity index (χ2v) is 5.87. The summed E-state index contributed by atoms with van der Waals surface area (Å²) in [5.41, 5.74) is 6.85. The molecule has 1 aromatic carbocycles. The summed E-state index contributed by atoms with van der Waals surface area (Å²) in [4.78, 5) is 29.5. The Labute approximate surface area is 150 Å². The molecular formula is C17H27ClN4O2. The van der Waals surface area contributed by atoms with Crippen molar-refractivity contribution in [1.29, 1.82) is 0 Å². The van der Waals surface area contributed by atoms with E-state index < -0.39 is 0 Å². The maximum atomic E-state index is 12.5. The highest BCUT2D eigenvalue weighted by molar-refractivity contribution is 5.85. The number of carbonyl (C=O) groups is 2. The molecule has 0 unspecified atom stereocenters. The predicted molar refractivity (Wildman–Crippen MR) is 96.9 cm³/mol. The van der Waals surface area contributed by atoms with E-state index in [1.54, 1.807) is 11.8 Å². The third-order valence-corrected chi connectivity index (χ3v) is 4.13. The van der Waals surface area contributed by atoms with Crippen LogP contribution in [0.2, 0.25) is 0 Å². The van der Waals surface area contributed by atoms with Crippen molar-refractivity contribution in [1.82, 2.24) is 14.7 Å².